The van der Waals surface area contributed by atoms with Crippen molar-refractivity contribution in [3.8, 4) is 11.4 Å². The number of aromatic nitrogens is 4. The maximum absolute atomic E-state index is 13.5. The maximum atomic E-state index is 13.5. The predicted molar refractivity (Wildman–Crippen MR) is 128 cm³/mol. The molecule has 33 heavy (non-hydrogen) atoms. The Hall–Kier alpha value is -3.51. The van der Waals surface area contributed by atoms with E-state index in [9.17, 15) is 4.79 Å². The second-order valence-electron chi connectivity index (χ2n) is 8.27. The van der Waals surface area contributed by atoms with Gasteiger partial charge in [0.05, 0.1) is 11.7 Å². The van der Waals surface area contributed by atoms with Gasteiger partial charge in [-0.15, -0.1) is 0 Å². The van der Waals surface area contributed by atoms with Crippen LogP contribution in [0.3, 0.4) is 0 Å². The molecule has 0 N–H and O–H groups in total. The third-order valence-corrected chi connectivity index (χ3v) is 6.34. The van der Waals surface area contributed by atoms with Crippen molar-refractivity contribution in [1.29, 1.82) is 0 Å². The molecule has 3 heterocycles. The lowest BCUT2D eigenvalue weighted by Crippen LogP contribution is -2.31. The number of nitrogens with zero attached hydrogens (tertiary/aromatic N) is 5. The van der Waals surface area contributed by atoms with Crippen LogP contribution >= 0.6 is 11.6 Å². The number of carbonyl (C=O) groups excluding carboxylic acids is 1. The van der Waals surface area contributed by atoms with Gasteiger partial charge in [0.15, 0.2) is 5.82 Å². The number of amides is 1. The zero-order valence-electron chi connectivity index (χ0n) is 18.4. The lowest BCUT2D eigenvalue weighted by atomic mass is 10.1. The van der Waals surface area contributed by atoms with E-state index in [0.717, 1.165) is 35.5 Å². The first kappa shape index (κ1) is 21.3. The largest absolute Gasteiger partial charge is 0.331 e. The molecule has 0 radical (unpaired) electrons. The molecular formula is C26H24ClN5O. The van der Waals surface area contributed by atoms with Crippen LogP contribution in [0.2, 0.25) is 5.02 Å². The van der Waals surface area contributed by atoms with E-state index in [0.29, 0.717) is 29.5 Å². The first-order valence-corrected chi connectivity index (χ1v) is 11.4. The smallest absolute Gasteiger partial charge is 0.254 e. The summed E-state index contributed by atoms with van der Waals surface area (Å²) in [6.07, 6.45) is 7.34. The Morgan fingerprint density at radius 2 is 1.94 bits per heavy atom. The summed E-state index contributed by atoms with van der Waals surface area (Å²) >= 11 is 6.01. The van der Waals surface area contributed by atoms with E-state index in [4.69, 9.17) is 16.6 Å². The molecule has 6 nitrogen and oxygen atoms in total. The molecular weight excluding hydrogens is 434 g/mol. The Bertz CT molecular complexity index is 1280. The lowest BCUT2D eigenvalue weighted by Gasteiger charge is -2.25. The van der Waals surface area contributed by atoms with Gasteiger partial charge in [-0.05, 0) is 67.8 Å². The van der Waals surface area contributed by atoms with Crippen molar-refractivity contribution in [2.45, 2.75) is 32.4 Å². The van der Waals surface area contributed by atoms with Crippen molar-refractivity contribution in [2.24, 2.45) is 0 Å². The highest BCUT2D eigenvalue weighted by molar-refractivity contribution is 6.30. The van der Waals surface area contributed by atoms with Gasteiger partial charge in [-0.2, -0.15) is 0 Å². The molecule has 2 aromatic heterocycles. The van der Waals surface area contributed by atoms with Gasteiger partial charge in [0, 0.05) is 47.8 Å². The molecule has 1 amide bonds. The molecule has 0 aliphatic carbocycles. The Morgan fingerprint density at radius 1 is 1.09 bits per heavy atom. The van der Waals surface area contributed by atoms with Gasteiger partial charge in [0.25, 0.3) is 5.91 Å². The molecule has 1 aliphatic heterocycles. The van der Waals surface area contributed by atoms with Crippen molar-refractivity contribution >= 4 is 17.5 Å². The molecule has 5 rings (SSSR count). The molecule has 0 saturated carbocycles. The molecule has 0 unspecified atom stereocenters. The van der Waals surface area contributed by atoms with E-state index in [2.05, 4.69) is 14.5 Å². The number of aryl methyl sites for hydroxylation is 1. The minimum Gasteiger partial charge on any atom is -0.331 e. The van der Waals surface area contributed by atoms with E-state index in [1.165, 1.54) is 0 Å². The van der Waals surface area contributed by atoms with Crippen LogP contribution in [0, 0.1) is 6.92 Å². The fraction of sp³-hybridized carbons (Fsp3) is 0.231. The van der Waals surface area contributed by atoms with E-state index in [1.807, 2.05) is 72.6 Å². The topological polar surface area (TPSA) is 63.9 Å². The van der Waals surface area contributed by atoms with Crippen molar-refractivity contribution in [3.63, 3.8) is 0 Å². The lowest BCUT2D eigenvalue weighted by molar-refractivity contribution is 0.0732. The van der Waals surface area contributed by atoms with Crippen LogP contribution in [0.5, 0.6) is 0 Å². The zero-order valence-corrected chi connectivity index (χ0v) is 19.1. The highest BCUT2D eigenvalue weighted by Crippen LogP contribution is 2.33. The second kappa shape index (κ2) is 9.16. The van der Waals surface area contributed by atoms with Gasteiger partial charge in [-0.1, -0.05) is 23.7 Å². The van der Waals surface area contributed by atoms with Crippen molar-refractivity contribution in [2.75, 3.05) is 6.54 Å². The number of halogens is 1. The SMILES string of the molecule is Cc1nccn1Cc1cccc(C(=O)N2CCC[C@@H]2c2ccnc(-c3ccc(Cl)cc3)n2)c1. The average Bonchev–Trinajstić information content (AvgIpc) is 3.49. The summed E-state index contributed by atoms with van der Waals surface area (Å²) in [5, 5.41) is 0.674. The van der Waals surface area contributed by atoms with Crippen LogP contribution in [0.4, 0.5) is 0 Å². The summed E-state index contributed by atoms with van der Waals surface area (Å²) in [5.74, 6) is 1.63. The third kappa shape index (κ3) is 4.52. The van der Waals surface area contributed by atoms with Crippen molar-refractivity contribution in [3.05, 3.63) is 101 Å². The molecule has 1 fully saturated rings. The first-order valence-electron chi connectivity index (χ1n) is 11.0. The minimum absolute atomic E-state index is 0.0355. The summed E-state index contributed by atoms with van der Waals surface area (Å²) in [6.45, 7) is 3.38. The molecule has 166 valence electrons. The standard InChI is InChI=1S/C26H24ClN5O/c1-18-28-13-15-31(18)17-19-4-2-5-21(16-19)26(33)32-14-3-6-24(32)23-11-12-29-25(30-23)20-7-9-22(27)10-8-20/h2,4-5,7-13,15-16,24H,3,6,14,17H2,1H3/t24-/m1/s1. The van der Waals surface area contributed by atoms with Crippen LogP contribution in [0.15, 0.2) is 73.2 Å². The number of likely N-dealkylation sites (tertiary alicyclic amines) is 1. The van der Waals surface area contributed by atoms with Gasteiger partial charge < -0.3 is 9.47 Å². The molecule has 2 aromatic carbocycles. The van der Waals surface area contributed by atoms with Gasteiger partial charge in [0.2, 0.25) is 0 Å². The highest BCUT2D eigenvalue weighted by atomic mass is 35.5. The maximum Gasteiger partial charge on any atom is 0.254 e. The predicted octanol–water partition coefficient (Wildman–Crippen LogP) is 5.33. The molecule has 7 heteroatoms. The van der Waals surface area contributed by atoms with Crippen LogP contribution in [0.1, 0.15) is 46.3 Å². The summed E-state index contributed by atoms with van der Waals surface area (Å²) in [7, 11) is 0. The monoisotopic (exact) mass is 457 g/mol. The van der Waals surface area contributed by atoms with Crippen LogP contribution in [-0.2, 0) is 6.54 Å². The summed E-state index contributed by atoms with van der Waals surface area (Å²) in [4.78, 5) is 28.9. The molecule has 1 aliphatic rings. The fourth-order valence-electron chi connectivity index (χ4n) is 4.35. The average molecular weight is 458 g/mol. The molecule has 0 bridgehead atoms. The van der Waals surface area contributed by atoms with Gasteiger partial charge >= 0.3 is 0 Å². The first-order chi connectivity index (χ1) is 16.1. The van der Waals surface area contributed by atoms with Crippen LogP contribution in [0.25, 0.3) is 11.4 Å². The van der Waals surface area contributed by atoms with Crippen molar-refractivity contribution in [1.82, 2.24) is 24.4 Å². The molecule has 0 spiro atoms. The molecule has 1 atom stereocenters. The summed E-state index contributed by atoms with van der Waals surface area (Å²) in [5.41, 5.74) is 3.54. The van der Waals surface area contributed by atoms with Gasteiger partial charge in [0.1, 0.15) is 5.82 Å². The van der Waals surface area contributed by atoms with Crippen LogP contribution in [-0.4, -0.2) is 36.9 Å². The van der Waals surface area contributed by atoms with Gasteiger partial charge in [-0.3, -0.25) is 4.79 Å². The number of imidazole rings is 1. The number of benzene rings is 2. The Kier molecular flexibility index (Phi) is 5.92. The number of hydrogen-bond donors (Lipinski definition) is 0. The number of hydrogen-bond acceptors (Lipinski definition) is 4. The minimum atomic E-state index is -0.0638. The summed E-state index contributed by atoms with van der Waals surface area (Å²) < 4.78 is 2.07. The highest BCUT2D eigenvalue weighted by Gasteiger charge is 2.32. The Balaban J connectivity index is 1.38. The fourth-order valence-corrected chi connectivity index (χ4v) is 4.48. The molecule has 4 aromatic rings. The zero-order chi connectivity index (χ0) is 22.8. The Labute approximate surface area is 197 Å². The quantitative estimate of drug-likeness (QED) is 0.406. The van der Waals surface area contributed by atoms with E-state index < -0.39 is 0 Å². The number of carbonyl (C=O) groups is 1. The van der Waals surface area contributed by atoms with E-state index in [-0.39, 0.29) is 11.9 Å². The third-order valence-electron chi connectivity index (χ3n) is 6.09. The number of rotatable bonds is 5. The van der Waals surface area contributed by atoms with E-state index >= 15 is 0 Å². The second-order valence-corrected chi connectivity index (χ2v) is 8.71. The summed E-state index contributed by atoms with van der Waals surface area (Å²) in [6, 6.07) is 17.2. The molecule has 1 saturated heterocycles. The van der Waals surface area contributed by atoms with E-state index in [1.54, 1.807) is 12.4 Å². The Morgan fingerprint density at radius 3 is 2.73 bits per heavy atom. The van der Waals surface area contributed by atoms with Crippen LogP contribution < -0.4 is 0 Å². The van der Waals surface area contributed by atoms with Gasteiger partial charge in [-0.25, -0.2) is 15.0 Å². The van der Waals surface area contributed by atoms with Crippen molar-refractivity contribution < 1.29 is 4.79 Å². The normalized spacial score (nSPS) is 15.7.